The molecule has 23 heavy (non-hydrogen) atoms. The number of hydrogen-bond acceptors (Lipinski definition) is 3. The van der Waals surface area contributed by atoms with E-state index in [1.807, 2.05) is 14.2 Å². The Morgan fingerprint density at radius 1 is 1.17 bits per heavy atom. The fourth-order valence-electron chi connectivity index (χ4n) is 3.81. The Kier molecular flexibility index (Phi) is 5.62. The fourth-order valence-corrected chi connectivity index (χ4v) is 3.81. The van der Waals surface area contributed by atoms with Crippen molar-refractivity contribution in [2.24, 2.45) is 10.4 Å². The molecule has 5 heteroatoms. The van der Waals surface area contributed by atoms with Crippen LogP contribution in [0.1, 0.15) is 53.9 Å². The van der Waals surface area contributed by atoms with Crippen molar-refractivity contribution in [2.45, 2.75) is 77.6 Å². The predicted octanol–water partition coefficient (Wildman–Crippen LogP) is 2.23. The van der Waals surface area contributed by atoms with Crippen LogP contribution in [0, 0.1) is 5.41 Å². The number of piperidine rings is 1. The Bertz CT molecular complexity index is 427. The van der Waals surface area contributed by atoms with Crippen molar-refractivity contribution < 1.29 is 4.74 Å². The number of nitrogens with one attached hydrogen (secondary N) is 2. The van der Waals surface area contributed by atoms with E-state index in [4.69, 9.17) is 4.74 Å². The van der Waals surface area contributed by atoms with E-state index in [-0.39, 0.29) is 11.0 Å². The highest BCUT2D eigenvalue weighted by atomic mass is 16.5. The van der Waals surface area contributed by atoms with Crippen LogP contribution in [0.25, 0.3) is 0 Å². The van der Waals surface area contributed by atoms with Gasteiger partial charge in [-0.1, -0.05) is 13.8 Å². The molecule has 2 fully saturated rings. The van der Waals surface area contributed by atoms with Crippen molar-refractivity contribution in [1.29, 1.82) is 0 Å². The van der Waals surface area contributed by atoms with Crippen LogP contribution < -0.4 is 10.6 Å². The summed E-state index contributed by atoms with van der Waals surface area (Å²) in [6.45, 7) is 13.6. The van der Waals surface area contributed by atoms with Gasteiger partial charge in [-0.25, -0.2) is 0 Å². The molecule has 1 saturated heterocycles. The van der Waals surface area contributed by atoms with Crippen LogP contribution in [-0.2, 0) is 4.74 Å². The molecule has 1 aliphatic heterocycles. The van der Waals surface area contributed by atoms with Crippen molar-refractivity contribution in [3.8, 4) is 0 Å². The van der Waals surface area contributed by atoms with E-state index < -0.39 is 0 Å². The van der Waals surface area contributed by atoms with Crippen LogP contribution >= 0.6 is 0 Å². The minimum atomic E-state index is -0.0495. The monoisotopic (exact) mass is 324 g/mol. The summed E-state index contributed by atoms with van der Waals surface area (Å²) >= 11 is 0. The second-order valence-electron chi connectivity index (χ2n) is 8.18. The molecule has 2 N–H and O–H groups in total. The molecule has 5 nitrogen and oxygen atoms in total. The molecule has 0 radical (unpaired) electrons. The van der Waals surface area contributed by atoms with Crippen molar-refractivity contribution in [1.82, 2.24) is 15.5 Å². The summed E-state index contributed by atoms with van der Waals surface area (Å²) in [4.78, 5) is 6.99. The first kappa shape index (κ1) is 18.5. The Balaban J connectivity index is 1.84. The molecule has 1 aliphatic carbocycles. The van der Waals surface area contributed by atoms with E-state index in [9.17, 15) is 0 Å². The fraction of sp³-hybridized carbons (Fsp3) is 0.944. The molecule has 0 amide bonds. The molecule has 0 bridgehead atoms. The van der Waals surface area contributed by atoms with Gasteiger partial charge < -0.3 is 20.3 Å². The minimum Gasteiger partial charge on any atom is -0.378 e. The van der Waals surface area contributed by atoms with Gasteiger partial charge in [0, 0.05) is 50.8 Å². The van der Waals surface area contributed by atoms with Crippen LogP contribution in [-0.4, -0.2) is 61.8 Å². The molecule has 2 unspecified atom stereocenters. The van der Waals surface area contributed by atoms with Crippen molar-refractivity contribution in [3.63, 3.8) is 0 Å². The SMILES string of the molecule is CN=C(NC1CCN(C(C)C)CC1)NC1CC(C)(OC)C1(C)C. The molecular weight excluding hydrogens is 288 g/mol. The van der Waals surface area contributed by atoms with E-state index in [1.165, 1.54) is 25.9 Å². The molecule has 0 aromatic heterocycles. The van der Waals surface area contributed by atoms with E-state index in [1.54, 1.807) is 0 Å². The molecule has 2 atom stereocenters. The zero-order valence-corrected chi connectivity index (χ0v) is 16.1. The summed E-state index contributed by atoms with van der Waals surface area (Å²) in [5.74, 6) is 0.934. The van der Waals surface area contributed by atoms with Gasteiger partial charge in [-0.3, -0.25) is 4.99 Å². The lowest BCUT2D eigenvalue weighted by atomic mass is 9.56. The number of guanidine groups is 1. The van der Waals surface area contributed by atoms with Crippen molar-refractivity contribution >= 4 is 5.96 Å². The molecule has 0 spiro atoms. The number of methoxy groups -OCH3 is 1. The molecule has 0 aromatic rings. The van der Waals surface area contributed by atoms with Gasteiger partial charge in [0.1, 0.15) is 0 Å². The first-order valence-electron chi connectivity index (χ1n) is 9.02. The van der Waals surface area contributed by atoms with E-state index in [0.29, 0.717) is 18.1 Å². The average Bonchev–Trinajstić information content (AvgIpc) is 2.53. The molecule has 2 aliphatic rings. The van der Waals surface area contributed by atoms with Gasteiger partial charge in [0.05, 0.1) is 5.60 Å². The summed E-state index contributed by atoms with van der Waals surface area (Å²) < 4.78 is 5.71. The summed E-state index contributed by atoms with van der Waals surface area (Å²) in [5.41, 5.74) is 0.0481. The van der Waals surface area contributed by atoms with Crippen LogP contribution in [0.2, 0.25) is 0 Å². The maximum Gasteiger partial charge on any atom is 0.191 e. The molecule has 1 saturated carbocycles. The largest absolute Gasteiger partial charge is 0.378 e. The molecule has 1 heterocycles. The lowest BCUT2D eigenvalue weighted by Gasteiger charge is -2.59. The molecular formula is C18H36N4O. The van der Waals surface area contributed by atoms with Gasteiger partial charge in [0.2, 0.25) is 0 Å². The molecule has 134 valence electrons. The van der Waals surface area contributed by atoms with Crippen molar-refractivity contribution in [2.75, 3.05) is 27.2 Å². The summed E-state index contributed by atoms with van der Waals surface area (Å²) in [7, 11) is 3.67. The zero-order chi connectivity index (χ0) is 17.3. The number of hydrogen-bond donors (Lipinski definition) is 2. The van der Waals surface area contributed by atoms with Gasteiger partial charge in [-0.05, 0) is 40.0 Å². The normalized spacial score (nSPS) is 32.7. The van der Waals surface area contributed by atoms with Gasteiger partial charge in [0.25, 0.3) is 0 Å². The van der Waals surface area contributed by atoms with Crippen LogP contribution in [0.5, 0.6) is 0 Å². The quantitative estimate of drug-likeness (QED) is 0.615. The summed E-state index contributed by atoms with van der Waals surface area (Å²) in [6.07, 6.45) is 3.38. The van der Waals surface area contributed by atoms with Gasteiger partial charge in [-0.15, -0.1) is 0 Å². The van der Waals surface area contributed by atoms with Crippen LogP contribution in [0.3, 0.4) is 0 Å². The summed E-state index contributed by atoms with van der Waals surface area (Å²) in [6, 6.07) is 1.57. The standard InChI is InChI=1S/C18H36N4O/c1-13(2)22-10-8-14(9-11-22)20-16(19-6)21-15-12-18(5,23-7)17(15,3)4/h13-15H,8-12H2,1-7H3,(H2,19,20,21). The maximum atomic E-state index is 5.71. The highest BCUT2D eigenvalue weighted by Gasteiger charge is 2.58. The average molecular weight is 325 g/mol. The Labute approximate surface area is 142 Å². The second-order valence-corrected chi connectivity index (χ2v) is 8.18. The molecule has 2 rings (SSSR count). The smallest absolute Gasteiger partial charge is 0.191 e. The third-order valence-electron chi connectivity index (χ3n) is 6.41. The lowest BCUT2D eigenvalue weighted by Crippen LogP contribution is -2.69. The molecule has 0 aromatic carbocycles. The Hall–Kier alpha value is -0.810. The number of aliphatic imine (C=N–C) groups is 1. The van der Waals surface area contributed by atoms with Crippen molar-refractivity contribution in [3.05, 3.63) is 0 Å². The van der Waals surface area contributed by atoms with Gasteiger partial charge >= 0.3 is 0 Å². The first-order chi connectivity index (χ1) is 10.7. The highest BCUT2D eigenvalue weighted by Crippen LogP contribution is 2.51. The first-order valence-corrected chi connectivity index (χ1v) is 9.02. The minimum absolute atomic E-state index is 0.0495. The Morgan fingerprint density at radius 3 is 2.22 bits per heavy atom. The maximum absolute atomic E-state index is 5.71. The van der Waals surface area contributed by atoms with Gasteiger partial charge in [0.15, 0.2) is 5.96 Å². The third kappa shape index (κ3) is 3.66. The third-order valence-corrected chi connectivity index (χ3v) is 6.41. The highest BCUT2D eigenvalue weighted by molar-refractivity contribution is 5.80. The lowest BCUT2D eigenvalue weighted by molar-refractivity contribution is -0.176. The summed E-state index contributed by atoms with van der Waals surface area (Å²) in [5, 5.41) is 7.23. The van der Waals surface area contributed by atoms with Gasteiger partial charge in [-0.2, -0.15) is 0 Å². The van der Waals surface area contributed by atoms with E-state index in [2.05, 4.69) is 55.1 Å². The van der Waals surface area contributed by atoms with E-state index in [0.717, 1.165) is 12.4 Å². The number of nitrogens with zero attached hydrogens (tertiary/aromatic N) is 2. The van der Waals surface area contributed by atoms with E-state index >= 15 is 0 Å². The number of likely N-dealkylation sites (tertiary alicyclic amines) is 1. The van der Waals surface area contributed by atoms with Crippen LogP contribution in [0.4, 0.5) is 0 Å². The number of rotatable bonds is 4. The Morgan fingerprint density at radius 2 is 1.78 bits per heavy atom. The number of ether oxygens (including phenoxy) is 1. The van der Waals surface area contributed by atoms with Crippen LogP contribution in [0.15, 0.2) is 4.99 Å². The topological polar surface area (TPSA) is 48.9 Å². The zero-order valence-electron chi connectivity index (χ0n) is 16.1. The second kappa shape index (κ2) is 6.98. The predicted molar refractivity (Wildman–Crippen MR) is 97.0 cm³/mol.